The van der Waals surface area contributed by atoms with Gasteiger partial charge in [0.05, 0.1) is 19.8 Å². The van der Waals surface area contributed by atoms with E-state index >= 15 is 0 Å². The molecule has 0 aromatic heterocycles. The van der Waals surface area contributed by atoms with Crippen LogP contribution in [0.2, 0.25) is 0 Å². The van der Waals surface area contributed by atoms with Gasteiger partial charge in [-0.2, -0.15) is 4.99 Å². The van der Waals surface area contributed by atoms with Crippen molar-refractivity contribution in [3.63, 3.8) is 0 Å². The van der Waals surface area contributed by atoms with Crippen LogP contribution in [0.25, 0.3) is 0 Å². The van der Waals surface area contributed by atoms with E-state index in [2.05, 4.69) is 22.2 Å². The molecular formula is C22H33F2N5O3. The lowest BCUT2D eigenvalue weighted by Crippen LogP contribution is -2.34. The van der Waals surface area contributed by atoms with Gasteiger partial charge in [0.1, 0.15) is 12.4 Å². The number of methoxy groups -OCH3 is 1. The molecule has 0 saturated carbocycles. The minimum absolute atomic E-state index is 0.0104. The molecule has 0 aliphatic heterocycles. The average molecular weight is 454 g/mol. The van der Waals surface area contributed by atoms with Gasteiger partial charge in [0, 0.05) is 31.5 Å². The fourth-order valence-electron chi connectivity index (χ4n) is 2.37. The number of nitrogens with two attached hydrogens (primary N) is 2. The maximum atomic E-state index is 14.4. The standard InChI is InChI=1S/C22H33F2N5O3/c1-4-18(23)21(27-10-6-5-7-16(2)25)29-22(26)28-17-8-9-20(19(24)15-17)32-14-13-31-12-11-30-3/h4-9,19,27H,1,10-15,25H2,2-3H3,(H3,26,28,29)/b6-5-,16-7+,21-18+. The fraction of sp³-hybridized carbons (Fsp3) is 0.409. The van der Waals surface area contributed by atoms with Crippen LogP contribution in [-0.2, 0) is 14.2 Å². The highest BCUT2D eigenvalue weighted by Crippen LogP contribution is 2.21. The molecule has 1 rings (SSSR count). The number of alkyl halides is 1. The number of rotatable bonds is 14. The van der Waals surface area contributed by atoms with Crippen molar-refractivity contribution < 1.29 is 23.0 Å². The molecule has 0 aromatic carbocycles. The first-order valence-corrected chi connectivity index (χ1v) is 10.1. The van der Waals surface area contributed by atoms with E-state index < -0.39 is 12.0 Å². The van der Waals surface area contributed by atoms with Crippen molar-refractivity contribution >= 4 is 5.96 Å². The third kappa shape index (κ3) is 11.3. The maximum Gasteiger partial charge on any atom is 0.199 e. The molecule has 1 aliphatic rings. The average Bonchev–Trinajstić information content (AvgIpc) is 2.75. The van der Waals surface area contributed by atoms with Crippen LogP contribution in [0.15, 0.2) is 76.8 Å². The largest absolute Gasteiger partial charge is 0.492 e. The third-order valence-corrected chi connectivity index (χ3v) is 3.89. The number of allylic oxidation sites excluding steroid dienone is 9. The number of halogens is 2. The normalized spacial score (nSPS) is 18.1. The predicted molar refractivity (Wildman–Crippen MR) is 123 cm³/mol. The predicted octanol–water partition coefficient (Wildman–Crippen LogP) is 2.41. The van der Waals surface area contributed by atoms with Crippen LogP contribution in [0.1, 0.15) is 13.3 Å². The summed E-state index contributed by atoms with van der Waals surface area (Å²) in [7, 11) is 1.58. The zero-order valence-electron chi connectivity index (χ0n) is 18.6. The van der Waals surface area contributed by atoms with Crippen molar-refractivity contribution in [2.75, 3.05) is 40.1 Å². The van der Waals surface area contributed by atoms with Gasteiger partial charge in [-0.05, 0) is 31.2 Å². The van der Waals surface area contributed by atoms with Crippen molar-refractivity contribution in [3.8, 4) is 0 Å². The molecule has 1 unspecified atom stereocenters. The van der Waals surface area contributed by atoms with E-state index in [9.17, 15) is 8.78 Å². The second kappa shape index (κ2) is 15.7. The Morgan fingerprint density at radius 2 is 2.03 bits per heavy atom. The summed E-state index contributed by atoms with van der Waals surface area (Å²) in [6.45, 7) is 6.92. The van der Waals surface area contributed by atoms with E-state index in [1.165, 1.54) is 6.08 Å². The Balaban J connectivity index is 2.65. The highest BCUT2D eigenvalue weighted by Gasteiger charge is 2.20. The molecule has 8 nitrogen and oxygen atoms in total. The van der Waals surface area contributed by atoms with E-state index in [0.29, 0.717) is 31.2 Å². The molecule has 0 aromatic rings. The van der Waals surface area contributed by atoms with Gasteiger partial charge in [0.25, 0.3) is 0 Å². The van der Waals surface area contributed by atoms with Gasteiger partial charge >= 0.3 is 0 Å². The molecule has 0 radical (unpaired) electrons. The number of ether oxygens (including phenoxy) is 3. The van der Waals surface area contributed by atoms with E-state index in [4.69, 9.17) is 25.7 Å². The van der Waals surface area contributed by atoms with Crippen molar-refractivity contribution in [3.05, 3.63) is 71.8 Å². The summed E-state index contributed by atoms with van der Waals surface area (Å²) in [6.07, 6.45) is 7.97. The zero-order chi connectivity index (χ0) is 23.8. The Labute approximate surface area is 188 Å². The molecule has 0 bridgehead atoms. The van der Waals surface area contributed by atoms with Crippen LogP contribution in [0.4, 0.5) is 8.78 Å². The topological polar surface area (TPSA) is 116 Å². The molecule has 0 saturated heterocycles. The van der Waals surface area contributed by atoms with Crippen molar-refractivity contribution in [1.82, 2.24) is 10.6 Å². The molecule has 1 aliphatic carbocycles. The van der Waals surface area contributed by atoms with Gasteiger partial charge in [-0.25, -0.2) is 8.78 Å². The van der Waals surface area contributed by atoms with Crippen LogP contribution < -0.4 is 22.1 Å². The fourth-order valence-corrected chi connectivity index (χ4v) is 2.37. The molecule has 6 N–H and O–H groups in total. The Kier molecular flexibility index (Phi) is 13.2. The Bertz CT molecular complexity index is 784. The van der Waals surface area contributed by atoms with Gasteiger partial charge in [-0.1, -0.05) is 18.7 Å². The number of nitrogens with zero attached hydrogens (tertiary/aromatic N) is 1. The van der Waals surface area contributed by atoms with Gasteiger partial charge in [-0.3, -0.25) is 0 Å². The Morgan fingerprint density at radius 3 is 2.69 bits per heavy atom. The maximum absolute atomic E-state index is 14.4. The first kappa shape index (κ1) is 26.9. The van der Waals surface area contributed by atoms with Gasteiger partial charge in [0.15, 0.2) is 23.8 Å². The second-order valence-electron chi connectivity index (χ2n) is 6.63. The number of aliphatic imine (C=N–C) groups is 1. The van der Waals surface area contributed by atoms with Crippen LogP contribution in [-0.4, -0.2) is 52.2 Å². The van der Waals surface area contributed by atoms with Crippen LogP contribution >= 0.6 is 0 Å². The van der Waals surface area contributed by atoms with E-state index in [-0.39, 0.29) is 37.1 Å². The van der Waals surface area contributed by atoms with E-state index in [1.807, 2.05) is 0 Å². The van der Waals surface area contributed by atoms with E-state index in [1.54, 1.807) is 38.3 Å². The Morgan fingerprint density at radius 1 is 1.28 bits per heavy atom. The zero-order valence-corrected chi connectivity index (χ0v) is 18.6. The summed E-state index contributed by atoms with van der Waals surface area (Å²) in [4.78, 5) is 3.99. The van der Waals surface area contributed by atoms with Crippen LogP contribution in [0, 0.1) is 0 Å². The van der Waals surface area contributed by atoms with Gasteiger partial charge in [0.2, 0.25) is 0 Å². The third-order valence-electron chi connectivity index (χ3n) is 3.89. The molecule has 0 amide bonds. The summed E-state index contributed by atoms with van der Waals surface area (Å²) in [5, 5.41) is 5.57. The molecule has 1 atom stereocenters. The minimum Gasteiger partial charge on any atom is -0.492 e. The monoisotopic (exact) mass is 453 g/mol. The lowest BCUT2D eigenvalue weighted by atomic mass is 10.1. The molecular weight excluding hydrogens is 420 g/mol. The molecule has 32 heavy (non-hydrogen) atoms. The summed E-state index contributed by atoms with van der Waals surface area (Å²) in [6, 6.07) is 0. The molecule has 178 valence electrons. The Hall–Kier alpha value is -3.11. The first-order chi connectivity index (χ1) is 15.4. The highest BCUT2D eigenvalue weighted by molar-refractivity contribution is 5.80. The van der Waals surface area contributed by atoms with Crippen molar-refractivity contribution in [2.24, 2.45) is 16.5 Å². The van der Waals surface area contributed by atoms with Gasteiger partial charge in [-0.15, -0.1) is 0 Å². The first-order valence-electron chi connectivity index (χ1n) is 10.1. The van der Waals surface area contributed by atoms with Gasteiger partial charge < -0.3 is 36.3 Å². The second-order valence-corrected chi connectivity index (χ2v) is 6.63. The molecule has 10 heteroatoms. The van der Waals surface area contributed by atoms with E-state index in [0.717, 1.165) is 6.08 Å². The quantitative estimate of drug-likeness (QED) is 0.138. The molecule has 0 fully saturated rings. The SMILES string of the molecule is C=C/C(F)=C(\N=C(N)NC1=CC=C(OCCOCCOC)C(F)C1)NC/C=C\C=C(/C)N. The summed E-state index contributed by atoms with van der Waals surface area (Å²) >= 11 is 0. The minimum atomic E-state index is -1.35. The number of nitrogens with one attached hydrogen (secondary N) is 2. The summed E-state index contributed by atoms with van der Waals surface area (Å²) in [5.41, 5.74) is 12.5. The lowest BCUT2D eigenvalue weighted by Gasteiger charge is -2.20. The highest BCUT2D eigenvalue weighted by atomic mass is 19.1. The number of hydrogen-bond acceptors (Lipinski definition) is 6. The smallest absolute Gasteiger partial charge is 0.199 e. The van der Waals surface area contributed by atoms with Crippen LogP contribution in [0.5, 0.6) is 0 Å². The van der Waals surface area contributed by atoms with Crippen molar-refractivity contribution in [2.45, 2.75) is 19.5 Å². The number of guanidine groups is 1. The van der Waals surface area contributed by atoms with Crippen LogP contribution in [0.3, 0.4) is 0 Å². The molecule has 0 heterocycles. The van der Waals surface area contributed by atoms with Crippen molar-refractivity contribution in [1.29, 1.82) is 0 Å². The summed E-state index contributed by atoms with van der Waals surface area (Å²) in [5.74, 6) is -0.689. The number of hydrogen-bond donors (Lipinski definition) is 4. The molecule has 0 spiro atoms. The lowest BCUT2D eigenvalue weighted by molar-refractivity contribution is 0.0346. The summed E-state index contributed by atoms with van der Waals surface area (Å²) < 4.78 is 44.0.